The van der Waals surface area contributed by atoms with E-state index in [0.717, 1.165) is 18.0 Å². The maximum atomic E-state index is 12.4. The molecule has 0 fully saturated rings. The van der Waals surface area contributed by atoms with Gasteiger partial charge < -0.3 is 9.88 Å². The molecule has 5 nitrogen and oxygen atoms in total. The summed E-state index contributed by atoms with van der Waals surface area (Å²) in [4.78, 5) is 22.3. The molecule has 0 radical (unpaired) electrons. The number of carbonyl (C=O) groups excluding carboxylic acids is 1. The number of rotatable bonds is 3. The Morgan fingerprint density at radius 1 is 1.48 bits per heavy atom. The van der Waals surface area contributed by atoms with Crippen molar-refractivity contribution in [1.82, 2.24) is 14.5 Å². The largest absolute Gasteiger partial charge is 0.325 e. The molecule has 2 heterocycles. The summed E-state index contributed by atoms with van der Waals surface area (Å²) < 4.78 is 1.79. The van der Waals surface area contributed by atoms with Gasteiger partial charge in [-0.2, -0.15) is 0 Å². The van der Waals surface area contributed by atoms with Gasteiger partial charge in [-0.1, -0.05) is 20.8 Å². The maximum Gasteiger partial charge on any atom is 0.248 e. The van der Waals surface area contributed by atoms with Crippen molar-refractivity contribution in [2.45, 2.75) is 53.0 Å². The number of amides is 1. The van der Waals surface area contributed by atoms with Crippen molar-refractivity contribution in [2.75, 3.05) is 5.32 Å². The maximum absolute atomic E-state index is 12.4. The molecule has 0 aromatic carbocycles. The molecule has 124 valence electrons. The highest BCUT2D eigenvalue weighted by molar-refractivity contribution is 7.15. The third-order valence-electron chi connectivity index (χ3n) is 4.75. The number of thiazole rings is 1. The minimum absolute atomic E-state index is 0.0542. The minimum atomic E-state index is -0.291. The summed E-state index contributed by atoms with van der Waals surface area (Å²) in [5.41, 5.74) is 1.49. The van der Waals surface area contributed by atoms with Gasteiger partial charge in [-0.15, -0.1) is 11.3 Å². The number of imidazole rings is 1. The highest BCUT2D eigenvalue weighted by Crippen LogP contribution is 2.40. The fraction of sp³-hybridized carbons (Fsp3) is 0.588. The minimum Gasteiger partial charge on any atom is -0.325 e. The van der Waals surface area contributed by atoms with Crippen molar-refractivity contribution in [3.63, 3.8) is 0 Å². The number of aromatic nitrogens is 3. The van der Waals surface area contributed by atoms with Crippen LogP contribution in [-0.2, 0) is 17.6 Å². The van der Waals surface area contributed by atoms with Crippen LogP contribution in [0.2, 0.25) is 0 Å². The van der Waals surface area contributed by atoms with Gasteiger partial charge in [0.15, 0.2) is 5.13 Å². The Bertz CT molecular complexity index is 684. The van der Waals surface area contributed by atoms with Gasteiger partial charge in [0.1, 0.15) is 6.04 Å². The van der Waals surface area contributed by atoms with Gasteiger partial charge in [0.25, 0.3) is 0 Å². The van der Waals surface area contributed by atoms with Crippen LogP contribution in [0.15, 0.2) is 18.7 Å². The van der Waals surface area contributed by atoms with Crippen molar-refractivity contribution in [2.24, 2.45) is 11.3 Å². The van der Waals surface area contributed by atoms with Gasteiger partial charge in [-0.05, 0) is 37.5 Å². The third-order valence-corrected chi connectivity index (χ3v) is 5.78. The quantitative estimate of drug-likeness (QED) is 0.932. The van der Waals surface area contributed by atoms with Crippen molar-refractivity contribution < 1.29 is 4.79 Å². The number of aryl methyl sites for hydroxylation is 1. The molecule has 0 saturated carbocycles. The molecule has 2 atom stereocenters. The van der Waals surface area contributed by atoms with Crippen LogP contribution in [0, 0.1) is 11.3 Å². The predicted molar refractivity (Wildman–Crippen MR) is 92.7 cm³/mol. The average Bonchev–Trinajstić information content (AvgIpc) is 3.13. The zero-order valence-electron chi connectivity index (χ0n) is 14.2. The lowest BCUT2D eigenvalue weighted by Gasteiger charge is -2.33. The molecule has 1 amide bonds. The first-order valence-electron chi connectivity index (χ1n) is 8.11. The lowest BCUT2D eigenvalue weighted by molar-refractivity contribution is -0.118. The van der Waals surface area contributed by atoms with E-state index in [2.05, 4.69) is 36.1 Å². The number of fused-ring (bicyclic) bond motifs is 1. The van der Waals surface area contributed by atoms with Crippen LogP contribution in [0.4, 0.5) is 5.13 Å². The molecular formula is C17H24N4OS. The Hall–Kier alpha value is -1.69. The molecule has 0 aliphatic heterocycles. The normalized spacial score (nSPS) is 19.2. The number of hydrogen-bond acceptors (Lipinski definition) is 4. The van der Waals surface area contributed by atoms with E-state index < -0.39 is 0 Å². The summed E-state index contributed by atoms with van der Waals surface area (Å²) >= 11 is 1.63. The summed E-state index contributed by atoms with van der Waals surface area (Å²) in [6.07, 6.45) is 8.40. The van der Waals surface area contributed by atoms with Crippen molar-refractivity contribution in [1.29, 1.82) is 0 Å². The second kappa shape index (κ2) is 6.07. The molecule has 0 spiro atoms. The second-order valence-corrected chi connectivity index (χ2v) is 8.45. The molecule has 0 unspecified atom stereocenters. The molecule has 1 aliphatic rings. The van der Waals surface area contributed by atoms with E-state index in [1.807, 2.05) is 6.92 Å². The number of carbonyl (C=O) groups is 1. The molecule has 0 bridgehead atoms. The topological polar surface area (TPSA) is 59.8 Å². The Labute approximate surface area is 141 Å². The number of anilines is 1. The predicted octanol–water partition coefficient (Wildman–Crippen LogP) is 3.69. The van der Waals surface area contributed by atoms with Crippen LogP contribution in [0.5, 0.6) is 0 Å². The lowest BCUT2D eigenvalue weighted by Crippen LogP contribution is -2.26. The number of nitrogens with one attached hydrogen (secondary N) is 1. The molecular weight excluding hydrogens is 308 g/mol. The SMILES string of the molecule is C[C@@H](C(=O)Nc1nc2c(s1)C[C@H](C(C)(C)C)CC2)n1ccnc1. The summed E-state index contributed by atoms with van der Waals surface area (Å²) in [7, 11) is 0. The molecule has 0 saturated heterocycles. The molecule has 2 aromatic rings. The molecule has 23 heavy (non-hydrogen) atoms. The standard InChI is InChI=1S/C17H24N4OS/c1-11(21-8-7-18-10-21)15(22)20-16-19-13-6-5-12(17(2,3)4)9-14(13)23-16/h7-8,10-12H,5-6,9H2,1-4H3,(H,19,20,22)/t11-,12+/m0/s1. The molecule has 2 aromatic heterocycles. The Balaban J connectivity index is 1.69. The molecule has 1 N–H and O–H groups in total. The second-order valence-electron chi connectivity index (χ2n) is 7.37. The first kappa shape index (κ1) is 16.2. The molecule has 3 rings (SSSR count). The van der Waals surface area contributed by atoms with E-state index in [9.17, 15) is 4.79 Å². The first-order valence-corrected chi connectivity index (χ1v) is 8.93. The van der Waals surface area contributed by atoms with Crippen LogP contribution in [0.3, 0.4) is 0 Å². The van der Waals surface area contributed by atoms with Crippen LogP contribution < -0.4 is 5.32 Å². The number of hydrogen-bond donors (Lipinski definition) is 1. The van der Waals surface area contributed by atoms with E-state index in [1.54, 1.807) is 34.6 Å². The average molecular weight is 332 g/mol. The third kappa shape index (κ3) is 3.47. The van der Waals surface area contributed by atoms with Crippen LogP contribution in [0.25, 0.3) is 0 Å². The number of nitrogens with zero attached hydrogens (tertiary/aromatic N) is 3. The zero-order chi connectivity index (χ0) is 16.6. The Morgan fingerprint density at radius 3 is 2.91 bits per heavy atom. The van der Waals surface area contributed by atoms with Crippen LogP contribution >= 0.6 is 11.3 Å². The van der Waals surface area contributed by atoms with E-state index in [4.69, 9.17) is 0 Å². The fourth-order valence-corrected chi connectivity index (χ4v) is 4.10. The molecule has 6 heteroatoms. The Kier molecular flexibility index (Phi) is 4.27. The van der Waals surface area contributed by atoms with Crippen molar-refractivity contribution in [3.05, 3.63) is 29.3 Å². The summed E-state index contributed by atoms with van der Waals surface area (Å²) in [6, 6.07) is -0.291. The van der Waals surface area contributed by atoms with Gasteiger partial charge in [-0.25, -0.2) is 9.97 Å². The zero-order valence-corrected chi connectivity index (χ0v) is 15.0. The fourth-order valence-electron chi connectivity index (χ4n) is 3.01. The summed E-state index contributed by atoms with van der Waals surface area (Å²) in [5, 5.41) is 3.68. The monoisotopic (exact) mass is 332 g/mol. The van der Waals surface area contributed by atoms with Gasteiger partial charge in [-0.3, -0.25) is 4.79 Å². The van der Waals surface area contributed by atoms with E-state index in [-0.39, 0.29) is 11.9 Å². The van der Waals surface area contributed by atoms with Gasteiger partial charge >= 0.3 is 0 Å². The highest BCUT2D eigenvalue weighted by Gasteiger charge is 2.31. The summed E-state index contributed by atoms with van der Waals surface area (Å²) in [5.74, 6) is 0.630. The lowest BCUT2D eigenvalue weighted by atomic mass is 9.73. The van der Waals surface area contributed by atoms with E-state index in [1.165, 1.54) is 17.0 Å². The van der Waals surface area contributed by atoms with Gasteiger partial charge in [0.05, 0.1) is 12.0 Å². The summed E-state index contributed by atoms with van der Waals surface area (Å²) in [6.45, 7) is 8.78. The van der Waals surface area contributed by atoms with Crippen molar-refractivity contribution >= 4 is 22.4 Å². The van der Waals surface area contributed by atoms with E-state index in [0.29, 0.717) is 11.3 Å². The van der Waals surface area contributed by atoms with Crippen molar-refractivity contribution in [3.8, 4) is 0 Å². The smallest absolute Gasteiger partial charge is 0.248 e. The van der Waals surface area contributed by atoms with Crippen LogP contribution in [-0.4, -0.2) is 20.4 Å². The first-order chi connectivity index (χ1) is 10.8. The van der Waals surface area contributed by atoms with E-state index >= 15 is 0 Å². The van der Waals surface area contributed by atoms with Gasteiger partial charge in [0.2, 0.25) is 5.91 Å². The Morgan fingerprint density at radius 2 is 2.26 bits per heavy atom. The highest BCUT2D eigenvalue weighted by atomic mass is 32.1. The van der Waals surface area contributed by atoms with Crippen LogP contribution in [0.1, 0.15) is 50.7 Å². The van der Waals surface area contributed by atoms with Gasteiger partial charge in [0, 0.05) is 17.3 Å². The molecule has 1 aliphatic carbocycles.